The fourth-order valence-corrected chi connectivity index (χ4v) is 2.16. The van der Waals surface area contributed by atoms with Crippen LogP contribution in [-0.4, -0.2) is 11.7 Å². The van der Waals surface area contributed by atoms with Crippen LogP contribution in [0.1, 0.15) is 29.5 Å². The van der Waals surface area contributed by atoms with Crippen molar-refractivity contribution in [2.75, 3.05) is 6.54 Å². The van der Waals surface area contributed by atoms with Gasteiger partial charge < -0.3 is 10.8 Å². The van der Waals surface area contributed by atoms with Crippen molar-refractivity contribution in [3.05, 3.63) is 27.2 Å². The normalized spacial score (nSPS) is 10.7. The number of phenols is 1. The summed E-state index contributed by atoms with van der Waals surface area (Å²) in [7, 11) is 0. The molecule has 3 N–H and O–H groups in total. The van der Waals surface area contributed by atoms with Crippen LogP contribution in [0.3, 0.4) is 0 Å². The van der Waals surface area contributed by atoms with Crippen LogP contribution in [0, 0.1) is 13.8 Å². The van der Waals surface area contributed by atoms with E-state index in [0.717, 1.165) is 41.4 Å². The van der Waals surface area contributed by atoms with Gasteiger partial charge in [0.15, 0.2) is 0 Å². The van der Waals surface area contributed by atoms with Gasteiger partial charge in [-0.2, -0.15) is 0 Å². The molecule has 0 bridgehead atoms. The van der Waals surface area contributed by atoms with E-state index in [4.69, 9.17) is 5.73 Å². The Labute approximate surface area is 99.6 Å². The molecule has 1 rings (SSSR count). The summed E-state index contributed by atoms with van der Waals surface area (Å²) in [6.07, 6.45) is 3.19. The van der Waals surface area contributed by atoms with Crippen molar-refractivity contribution in [1.29, 1.82) is 0 Å². The molecule has 1 aromatic rings. The molecule has 15 heavy (non-hydrogen) atoms. The predicted octanol–water partition coefficient (Wildman–Crippen LogP) is 3.05. The summed E-state index contributed by atoms with van der Waals surface area (Å²) in [5, 5.41) is 9.61. The van der Waals surface area contributed by atoms with E-state index in [9.17, 15) is 5.11 Å². The Morgan fingerprint density at radius 3 is 2.60 bits per heavy atom. The van der Waals surface area contributed by atoms with Gasteiger partial charge in [0, 0.05) is 0 Å². The summed E-state index contributed by atoms with van der Waals surface area (Å²) in [5.41, 5.74) is 9.10. The summed E-state index contributed by atoms with van der Waals surface area (Å²) < 4.78 is 0.816. The second-order valence-corrected chi connectivity index (χ2v) is 4.67. The highest BCUT2D eigenvalue weighted by molar-refractivity contribution is 9.10. The maximum absolute atomic E-state index is 9.61. The van der Waals surface area contributed by atoms with Crippen molar-refractivity contribution in [2.45, 2.75) is 33.1 Å². The first-order chi connectivity index (χ1) is 7.07. The molecule has 1 aromatic carbocycles. The van der Waals surface area contributed by atoms with Crippen LogP contribution in [-0.2, 0) is 6.42 Å². The fraction of sp³-hybridized carbons (Fsp3) is 0.500. The molecule has 0 radical (unpaired) electrons. The Morgan fingerprint density at radius 1 is 1.33 bits per heavy atom. The molecule has 0 spiro atoms. The first-order valence-corrected chi connectivity index (χ1v) is 6.04. The molecule has 0 saturated heterocycles. The second kappa shape index (κ2) is 5.52. The van der Waals surface area contributed by atoms with E-state index in [-0.39, 0.29) is 0 Å². The van der Waals surface area contributed by atoms with Crippen molar-refractivity contribution in [2.24, 2.45) is 5.73 Å². The molecular weight excluding hydrogens is 254 g/mol. The van der Waals surface area contributed by atoms with Gasteiger partial charge in [-0.15, -0.1) is 0 Å². The van der Waals surface area contributed by atoms with Gasteiger partial charge in [0.1, 0.15) is 5.75 Å². The third-order valence-electron chi connectivity index (χ3n) is 2.72. The summed E-state index contributed by atoms with van der Waals surface area (Å²) in [6.45, 7) is 4.82. The van der Waals surface area contributed by atoms with Gasteiger partial charge in [0.25, 0.3) is 0 Å². The molecule has 0 atom stereocenters. The topological polar surface area (TPSA) is 46.2 Å². The first-order valence-electron chi connectivity index (χ1n) is 5.25. The molecule has 84 valence electrons. The summed E-state index contributed by atoms with van der Waals surface area (Å²) >= 11 is 3.40. The van der Waals surface area contributed by atoms with Gasteiger partial charge >= 0.3 is 0 Å². The van der Waals surface area contributed by atoms with E-state index in [2.05, 4.69) is 15.9 Å². The highest BCUT2D eigenvalue weighted by Crippen LogP contribution is 2.32. The van der Waals surface area contributed by atoms with Crippen molar-refractivity contribution in [3.63, 3.8) is 0 Å². The number of aromatic hydroxyl groups is 1. The molecule has 0 aliphatic carbocycles. The van der Waals surface area contributed by atoms with Crippen molar-refractivity contribution in [1.82, 2.24) is 0 Å². The van der Waals surface area contributed by atoms with E-state index in [1.165, 1.54) is 5.56 Å². The minimum absolute atomic E-state index is 0.326. The predicted molar refractivity (Wildman–Crippen MR) is 67.3 cm³/mol. The van der Waals surface area contributed by atoms with Gasteiger partial charge in [-0.05, 0) is 78.3 Å². The largest absolute Gasteiger partial charge is 0.507 e. The smallest absolute Gasteiger partial charge is 0.130 e. The Hall–Kier alpha value is -0.540. The average Bonchev–Trinajstić information content (AvgIpc) is 2.20. The van der Waals surface area contributed by atoms with Crippen LogP contribution in [0.25, 0.3) is 0 Å². The molecule has 0 aliphatic rings. The molecular formula is C12H18BrNO. The van der Waals surface area contributed by atoms with Gasteiger partial charge in [-0.25, -0.2) is 0 Å². The molecule has 0 heterocycles. The van der Waals surface area contributed by atoms with Crippen molar-refractivity contribution < 1.29 is 5.11 Å². The van der Waals surface area contributed by atoms with Crippen LogP contribution in [0.4, 0.5) is 0 Å². The molecule has 0 amide bonds. The summed E-state index contributed by atoms with van der Waals surface area (Å²) in [5.74, 6) is 0.326. The Balaban J connectivity index is 2.92. The van der Waals surface area contributed by atoms with Gasteiger partial charge in [-0.1, -0.05) is 0 Å². The SMILES string of the molecule is Cc1cc(O)c(Br)c(C)c1CCCCN. The third-order valence-corrected chi connectivity index (χ3v) is 3.72. The van der Waals surface area contributed by atoms with Gasteiger partial charge in [0.2, 0.25) is 0 Å². The third kappa shape index (κ3) is 2.95. The Kier molecular flexibility index (Phi) is 4.61. The highest BCUT2D eigenvalue weighted by atomic mass is 79.9. The lowest BCUT2D eigenvalue weighted by atomic mass is 9.97. The number of halogens is 1. The summed E-state index contributed by atoms with van der Waals surface area (Å²) in [6, 6.07) is 1.81. The average molecular weight is 272 g/mol. The zero-order valence-electron chi connectivity index (χ0n) is 9.31. The number of benzene rings is 1. The Morgan fingerprint density at radius 2 is 2.00 bits per heavy atom. The zero-order valence-corrected chi connectivity index (χ0v) is 10.9. The number of nitrogens with two attached hydrogens (primary N) is 1. The van der Waals surface area contributed by atoms with Gasteiger partial charge in [-0.3, -0.25) is 0 Å². The molecule has 0 aromatic heterocycles. The molecule has 0 unspecified atom stereocenters. The minimum Gasteiger partial charge on any atom is -0.507 e. The minimum atomic E-state index is 0.326. The standard InChI is InChI=1S/C12H18BrNO/c1-8-7-11(15)12(13)9(2)10(8)5-3-4-6-14/h7,15H,3-6,14H2,1-2H3. The van der Waals surface area contributed by atoms with Crippen molar-refractivity contribution in [3.8, 4) is 5.75 Å². The monoisotopic (exact) mass is 271 g/mol. The van der Waals surface area contributed by atoms with Crippen LogP contribution >= 0.6 is 15.9 Å². The maximum atomic E-state index is 9.61. The van der Waals surface area contributed by atoms with Gasteiger partial charge in [0.05, 0.1) is 4.47 Å². The quantitative estimate of drug-likeness (QED) is 0.827. The molecule has 0 fully saturated rings. The number of unbranched alkanes of at least 4 members (excludes halogenated alkanes) is 1. The lowest BCUT2D eigenvalue weighted by molar-refractivity contribution is 0.470. The summed E-state index contributed by atoms with van der Waals surface area (Å²) in [4.78, 5) is 0. The lowest BCUT2D eigenvalue weighted by Crippen LogP contribution is -2.01. The second-order valence-electron chi connectivity index (χ2n) is 3.88. The van der Waals surface area contributed by atoms with E-state index >= 15 is 0 Å². The Bertz CT molecular complexity index is 350. The molecule has 0 aliphatic heterocycles. The molecule has 2 nitrogen and oxygen atoms in total. The molecule has 3 heteroatoms. The highest BCUT2D eigenvalue weighted by Gasteiger charge is 2.09. The number of aryl methyl sites for hydroxylation is 1. The van der Waals surface area contributed by atoms with E-state index in [1.807, 2.05) is 19.9 Å². The lowest BCUT2D eigenvalue weighted by Gasteiger charge is -2.12. The zero-order chi connectivity index (χ0) is 11.4. The number of rotatable bonds is 4. The van der Waals surface area contributed by atoms with Crippen molar-refractivity contribution >= 4 is 15.9 Å². The number of hydrogen-bond donors (Lipinski definition) is 2. The van der Waals surface area contributed by atoms with Crippen LogP contribution < -0.4 is 5.73 Å². The number of phenolic OH excluding ortho intramolecular Hbond substituents is 1. The van der Waals surface area contributed by atoms with Crippen LogP contribution in [0.5, 0.6) is 5.75 Å². The van der Waals surface area contributed by atoms with Crippen LogP contribution in [0.2, 0.25) is 0 Å². The fourth-order valence-electron chi connectivity index (χ4n) is 1.81. The van der Waals surface area contributed by atoms with E-state index in [0.29, 0.717) is 5.75 Å². The molecule has 0 saturated carbocycles. The van der Waals surface area contributed by atoms with Crippen LogP contribution in [0.15, 0.2) is 10.5 Å². The maximum Gasteiger partial charge on any atom is 0.130 e. The first kappa shape index (κ1) is 12.5. The number of hydrogen-bond acceptors (Lipinski definition) is 2. The van der Waals surface area contributed by atoms with E-state index < -0.39 is 0 Å². The van der Waals surface area contributed by atoms with E-state index in [1.54, 1.807) is 0 Å².